The molecule has 1 fully saturated rings. The predicted molar refractivity (Wildman–Crippen MR) is 73.7 cm³/mol. The molecule has 102 valence electrons. The van der Waals surface area contributed by atoms with Gasteiger partial charge in [0.25, 0.3) is 0 Å². The highest BCUT2D eigenvalue weighted by Crippen LogP contribution is 2.35. The first-order valence-electron chi connectivity index (χ1n) is 7.10. The highest BCUT2D eigenvalue weighted by Gasteiger charge is 2.24. The Morgan fingerprint density at radius 2 is 2.16 bits per heavy atom. The Balaban J connectivity index is 1.31. The molecular weight excluding hydrogens is 238 g/mol. The van der Waals surface area contributed by atoms with Gasteiger partial charge in [0.05, 0.1) is 18.3 Å². The monoisotopic (exact) mass is 259 g/mol. The molecule has 19 heavy (non-hydrogen) atoms. The highest BCUT2D eigenvalue weighted by molar-refractivity contribution is 5.03. The molecular formula is C14H21N5. The zero-order valence-electron chi connectivity index (χ0n) is 11.2. The lowest BCUT2D eigenvalue weighted by molar-refractivity contribution is 0.555. The number of unbranched alkanes of at least 4 members (excludes halogenated alkanes) is 1. The molecule has 3 rings (SSSR count). The van der Waals surface area contributed by atoms with Crippen molar-refractivity contribution in [1.82, 2.24) is 24.4 Å². The van der Waals surface area contributed by atoms with Crippen LogP contribution in [0.2, 0.25) is 0 Å². The van der Waals surface area contributed by atoms with Gasteiger partial charge in [-0.1, -0.05) is 0 Å². The van der Waals surface area contributed by atoms with Gasteiger partial charge in [0.2, 0.25) is 0 Å². The van der Waals surface area contributed by atoms with Crippen molar-refractivity contribution >= 4 is 0 Å². The van der Waals surface area contributed by atoms with Crippen LogP contribution in [0.15, 0.2) is 31.2 Å². The Morgan fingerprint density at radius 3 is 2.95 bits per heavy atom. The fourth-order valence-corrected chi connectivity index (χ4v) is 2.33. The van der Waals surface area contributed by atoms with E-state index in [2.05, 4.69) is 24.4 Å². The summed E-state index contributed by atoms with van der Waals surface area (Å²) in [6.07, 6.45) is 14.7. The van der Waals surface area contributed by atoms with Gasteiger partial charge in [-0.25, -0.2) is 9.97 Å². The standard InChI is InChI=1S/C14H21N5/c1(2-7-18-8-6-16-11-18)5-15-9-14-10-17-12-19(14)13-3-4-13/h6,8,10-13,15H,1-5,7,9H2. The van der Waals surface area contributed by atoms with Crippen LogP contribution < -0.4 is 5.32 Å². The van der Waals surface area contributed by atoms with E-state index in [4.69, 9.17) is 0 Å². The van der Waals surface area contributed by atoms with Crippen LogP contribution in [0.3, 0.4) is 0 Å². The second kappa shape index (κ2) is 6.02. The van der Waals surface area contributed by atoms with Crippen molar-refractivity contribution in [1.29, 1.82) is 0 Å². The average Bonchev–Trinajstić information content (AvgIpc) is 2.95. The summed E-state index contributed by atoms with van der Waals surface area (Å²) < 4.78 is 4.45. The zero-order chi connectivity index (χ0) is 12.9. The molecule has 1 N–H and O–H groups in total. The first-order chi connectivity index (χ1) is 9.43. The minimum atomic E-state index is 0.723. The van der Waals surface area contributed by atoms with Gasteiger partial charge in [-0.3, -0.25) is 0 Å². The number of imidazole rings is 2. The number of aryl methyl sites for hydroxylation is 1. The van der Waals surface area contributed by atoms with E-state index in [1.165, 1.54) is 31.4 Å². The minimum Gasteiger partial charge on any atom is -0.337 e. The quantitative estimate of drug-likeness (QED) is 0.737. The average molecular weight is 259 g/mol. The Labute approximate surface area is 113 Å². The number of hydrogen-bond acceptors (Lipinski definition) is 3. The smallest absolute Gasteiger partial charge is 0.0951 e. The van der Waals surface area contributed by atoms with Crippen LogP contribution >= 0.6 is 0 Å². The van der Waals surface area contributed by atoms with Gasteiger partial charge in [0.15, 0.2) is 0 Å². The summed E-state index contributed by atoms with van der Waals surface area (Å²) in [5.74, 6) is 0. The Kier molecular flexibility index (Phi) is 3.93. The molecule has 0 bridgehead atoms. The summed E-state index contributed by atoms with van der Waals surface area (Å²) in [5.41, 5.74) is 1.32. The number of nitrogens with one attached hydrogen (secondary N) is 1. The van der Waals surface area contributed by atoms with E-state index in [0.717, 1.165) is 25.7 Å². The second-order valence-electron chi connectivity index (χ2n) is 5.21. The lowest BCUT2D eigenvalue weighted by atomic mass is 10.3. The third-order valence-electron chi connectivity index (χ3n) is 3.57. The van der Waals surface area contributed by atoms with E-state index in [1.54, 1.807) is 0 Å². The van der Waals surface area contributed by atoms with E-state index in [0.29, 0.717) is 0 Å². The van der Waals surface area contributed by atoms with Crippen molar-refractivity contribution in [2.24, 2.45) is 0 Å². The van der Waals surface area contributed by atoms with Crippen LogP contribution in [0.5, 0.6) is 0 Å². The summed E-state index contributed by atoms with van der Waals surface area (Å²) in [7, 11) is 0. The van der Waals surface area contributed by atoms with Crippen molar-refractivity contribution < 1.29 is 0 Å². The molecule has 1 saturated carbocycles. The molecule has 1 aliphatic rings. The largest absolute Gasteiger partial charge is 0.337 e. The molecule has 0 amide bonds. The van der Waals surface area contributed by atoms with Gasteiger partial charge in [-0.05, 0) is 32.2 Å². The molecule has 0 atom stereocenters. The third-order valence-corrected chi connectivity index (χ3v) is 3.57. The minimum absolute atomic E-state index is 0.723. The predicted octanol–water partition coefficient (Wildman–Crippen LogP) is 1.98. The highest BCUT2D eigenvalue weighted by atomic mass is 15.1. The van der Waals surface area contributed by atoms with Crippen LogP contribution in [-0.2, 0) is 13.1 Å². The maximum atomic E-state index is 4.24. The first kappa shape index (κ1) is 12.4. The van der Waals surface area contributed by atoms with Crippen molar-refractivity contribution in [3.8, 4) is 0 Å². The number of aromatic nitrogens is 4. The maximum Gasteiger partial charge on any atom is 0.0951 e. The van der Waals surface area contributed by atoms with Crippen LogP contribution in [0, 0.1) is 0 Å². The first-order valence-corrected chi connectivity index (χ1v) is 7.10. The van der Waals surface area contributed by atoms with E-state index in [1.807, 2.05) is 31.2 Å². The molecule has 0 saturated heterocycles. The molecule has 5 heteroatoms. The molecule has 2 heterocycles. The molecule has 1 aliphatic carbocycles. The number of hydrogen-bond donors (Lipinski definition) is 1. The molecule has 0 spiro atoms. The van der Waals surface area contributed by atoms with E-state index < -0.39 is 0 Å². The molecule has 0 aliphatic heterocycles. The lowest BCUT2D eigenvalue weighted by Gasteiger charge is -2.08. The summed E-state index contributed by atoms with van der Waals surface area (Å²) >= 11 is 0. The molecule has 2 aromatic heterocycles. The van der Waals surface area contributed by atoms with Crippen LogP contribution in [0.25, 0.3) is 0 Å². The zero-order valence-corrected chi connectivity index (χ0v) is 11.2. The van der Waals surface area contributed by atoms with E-state index in [-0.39, 0.29) is 0 Å². The summed E-state index contributed by atoms with van der Waals surface area (Å²) in [4.78, 5) is 8.29. The summed E-state index contributed by atoms with van der Waals surface area (Å²) in [6.45, 7) is 3.05. The van der Waals surface area contributed by atoms with Crippen LogP contribution in [0.1, 0.15) is 37.4 Å². The van der Waals surface area contributed by atoms with Gasteiger partial charge in [0, 0.05) is 37.7 Å². The second-order valence-corrected chi connectivity index (χ2v) is 5.21. The van der Waals surface area contributed by atoms with Gasteiger partial charge >= 0.3 is 0 Å². The van der Waals surface area contributed by atoms with Gasteiger partial charge in [-0.2, -0.15) is 0 Å². The molecule has 0 radical (unpaired) electrons. The number of rotatable bonds is 8. The fraction of sp³-hybridized carbons (Fsp3) is 0.571. The van der Waals surface area contributed by atoms with E-state index in [9.17, 15) is 0 Å². The lowest BCUT2D eigenvalue weighted by Crippen LogP contribution is -2.17. The van der Waals surface area contributed by atoms with Gasteiger partial charge in [0.1, 0.15) is 0 Å². The Hall–Kier alpha value is -1.62. The molecule has 2 aromatic rings. The number of nitrogens with zero attached hydrogens (tertiary/aromatic N) is 4. The Bertz CT molecular complexity index is 484. The van der Waals surface area contributed by atoms with E-state index >= 15 is 0 Å². The van der Waals surface area contributed by atoms with Crippen LogP contribution in [-0.4, -0.2) is 25.6 Å². The molecule has 5 nitrogen and oxygen atoms in total. The van der Waals surface area contributed by atoms with Crippen molar-refractivity contribution in [2.75, 3.05) is 6.54 Å². The van der Waals surface area contributed by atoms with Gasteiger partial charge in [-0.15, -0.1) is 0 Å². The third kappa shape index (κ3) is 3.44. The van der Waals surface area contributed by atoms with Crippen molar-refractivity contribution in [2.45, 2.75) is 44.8 Å². The fourth-order valence-electron chi connectivity index (χ4n) is 2.33. The van der Waals surface area contributed by atoms with Gasteiger partial charge < -0.3 is 14.5 Å². The summed E-state index contributed by atoms with van der Waals surface area (Å²) in [5, 5.41) is 3.51. The Morgan fingerprint density at radius 1 is 1.21 bits per heavy atom. The van der Waals surface area contributed by atoms with Crippen molar-refractivity contribution in [3.05, 3.63) is 36.9 Å². The van der Waals surface area contributed by atoms with Crippen molar-refractivity contribution in [3.63, 3.8) is 0 Å². The maximum absolute atomic E-state index is 4.24. The molecule has 0 unspecified atom stereocenters. The molecule has 0 aromatic carbocycles. The normalized spacial score (nSPS) is 14.9. The topological polar surface area (TPSA) is 47.7 Å². The SMILES string of the molecule is c1cn(CCCCNCc2cncn2C2CC2)cn1. The van der Waals surface area contributed by atoms with Crippen LogP contribution in [0.4, 0.5) is 0 Å². The summed E-state index contributed by atoms with van der Waals surface area (Å²) in [6, 6.07) is 0.723.